The average Bonchev–Trinajstić information content (AvgIpc) is 2.72. The van der Waals surface area contributed by atoms with Gasteiger partial charge in [0.05, 0.1) is 6.54 Å². The normalized spacial score (nSPS) is 12.9. The number of ether oxygens (including phenoxy) is 2. The van der Waals surface area contributed by atoms with E-state index in [0.717, 1.165) is 10.9 Å². The van der Waals surface area contributed by atoms with Crippen LogP contribution in [0.15, 0.2) is 51.7 Å². The predicted molar refractivity (Wildman–Crippen MR) is 111 cm³/mol. The van der Waals surface area contributed by atoms with Crippen molar-refractivity contribution in [1.82, 2.24) is 4.90 Å². The van der Waals surface area contributed by atoms with Gasteiger partial charge in [0.2, 0.25) is 5.91 Å². The molecule has 4 rings (SSSR count). The second kappa shape index (κ2) is 8.46. The highest BCUT2D eigenvalue weighted by molar-refractivity contribution is 5.92. The minimum atomic E-state index is -0.500. The lowest BCUT2D eigenvalue weighted by Crippen LogP contribution is -2.33. The van der Waals surface area contributed by atoms with Gasteiger partial charge >= 0.3 is 5.63 Å². The highest BCUT2D eigenvalue weighted by Crippen LogP contribution is 2.32. The third-order valence-electron chi connectivity index (χ3n) is 4.85. The van der Waals surface area contributed by atoms with E-state index in [-0.39, 0.29) is 18.2 Å². The number of phenolic OH excluding ortho intramolecular Hbond substituents is 1. The third kappa shape index (κ3) is 4.38. The highest BCUT2D eigenvalue weighted by Gasteiger charge is 2.16. The maximum atomic E-state index is 12.6. The molecule has 1 amide bonds. The van der Waals surface area contributed by atoms with Gasteiger partial charge in [-0.25, -0.2) is 4.79 Å². The van der Waals surface area contributed by atoms with Gasteiger partial charge < -0.3 is 24.3 Å². The Hall–Kier alpha value is -3.52. The summed E-state index contributed by atoms with van der Waals surface area (Å²) in [7, 11) is 0. The second-order valence-corrected chi connectivity index (χ2v) is 6.98. The number of amides is 1. The number of rotatable bonds is 6. The molecule has 30 heavy (non-hydrogen) atoms. The lowest BCUT2D eigenvalue weighted by molar-refractivity contribution is -0.117. The zero-order valence-electron chi connectivity index (χ0n) is 16.5. The van der Waals surface area contributed by atoms with Crippen LogP contribution in [0.2, 0.25) is 0 Å². The van der Waals surface area contributed by atoms with Crippen LogP contribution in [0.25, 0.3) is 11.0 Å². The van der Waals surface area contributed by atoms with E-state index in [4.69, 9.17) is 13.9 Å². The fourth-order valence-corrected chi connectivity index (χ4v) is 3.39. The average molecular weight is 410 g/mol. The molecule has 1 aromatic heterocycles. The number of fused-ring (bicyclic) bond motifs is 2. The molecule has 1 aliphatic heterocycles. The van der Waals surface area contributed by atoms with Gasteiger partial charge in [-0.1, -0.05) is 6.92 Å². The molecule has 3 aromatic rings. The molecule has 8 heteroatoms. The number of carbonyl (C=O) groups excluding carboxylic acids is 1. The fraction of sp³-hybridized carbons (Fsp3) is 0.273. The Labute approximate surface area is 172 Å². The minimum absolute atomic E-state index is 0.0222. The predicted octanol–water partition coefficient (Wildman–Crippen LogP) is 2.73. The van der Waals surface area contributed by atoms with Crippen LogP contribution < -0.4 is 20.4 Å². The summed E-state index contributed by atoms with van der Waals surface area (Å²) in [5.74, 6) is 1.11. The van der Waals surface area contributed by atoms with Gasteiger partial charge in [0.1, 0.15) is 24.5 Å². The van der Waals surface area contributed by atoms with E-state index in [1.165, 1.54) is 18.2 Å². The molecular weight excluding hydrogens is 388 g/mol. The maximum Gasteiger partial charge on any atom is 0.336 e. The number of likely N-dealkylation sites (N-methyl/N-ethyl adjacent to an activating group) is 1. The zero-order chi connectivity index (χ0) is 21.1. The lowest BCUT2D eigenvalue weighted by Gasteiger charge is -2.21. The van der Waals surface area contributed by atoms with Crippen LogP contribution in [0, 0.1) is 0 Å². The molecule has 0 spiro atoms. The summed E-state index contributed by atoms with van der Waals surface area (Å²) in [5.41, 5.74) is 1.17. The van der Waals surface area contributed by atoms with Gasteiger partial charge in [-0.15, -0.1) is 0 Å². The molecule has 0 fully saturated rings. The number of phenols is 1. The Morgan fingerprint density at radius 2 is 1.90 bits per heavy atom. The number of benzene rings is 2. The first-order chi connectivity index (χ1) is 14.5. The Kier molecular flexibility index (Phi) is 5.58. The van der Waals surface area contributed by atoms with Crippen molar-refractivity contribution < 1.29 is 23.8 Å². The van der Waals surface area contributed by atoms with Gasteiger partial charge in [0, 0.05) is 35.8 Å². The van der Waals surface area contributed by atoms with E-state index in [9.17, 15) is 14.7 Å². The quantitative estimate of drug-likeness (QED) is 0.603. The van der Waals surface area contributed by atoms with Gasteiger partial charge in [0.25, 0.3) is 0 Å². The Bertz CT molecular complexity index is 1140. The molecule has 0 unspecified atom stereocenters. The molecule has 1 aliphatic rings. The van der Waals surface area contributed by atoms with Crippen LogP contribution in [0.4, 0.5) is 5.69 Å². The number of hydrogen-bond donors (Lipinski definition) is 2. The van der Waals surface area contributed by atoms with Gasteiger partial charge in [-0.2, -0.15) is 0 Å². The molecule has 0 bridgehead atoms. The van der Waals surface area contributed by atoms with Gasteiger partial charge in [-0.05, 0) is 36.4 Å². The number of carbonyl (C=O) groups is 1. The SMILES string of the molecule is CCN(CC(=O)Nc1ccc2c(c1)OCCO2)Cc1cc(=O)oc2cc(O)ccc12. The highest BCUT2D eigenvalue weighted by atomic mass is 16.6. The summed E-state index contributed by atoms with van der Waals surface area (Å²) in [6.07, 6.45) is 0. The van der Waals surface area contributed by atoms with E-state index in [1.54, 1.807) is 24.3 Å². The lowest BCUT2D eigenvalue weighted by atomic mass is 10.1. The van der Waals surface area contributed by atoms with Crippen molar-refractivity contribution in [3.05, 3.63) is 58.4 Å². The number of nitrogens with zero attached hydrogens (tertiary/aromatic N) is 1. The van der Waals surface area contributed by atoms with Crippen LogP contribution in [0.3, 0.4) is 0 Å². The van der Waals surface area contributed by atoms with Crippen molar-refractivity contribution in [2.45, 2.75) is 13.5 Å². The second-order valence-electron chi connectivity index (χ2n) is 6.98. The number of aromatic hydroxyl groups is 1. The first-order valence-electron chi connectivity index (χ1n) is 9.69. The largest absolute Gasteiger partial charge is 0.508 e. The van der Waals surface area contributed by atoms with Crippen molar-refractivity contribution in [3.63, 3.8) is 0 Å². The van der Waals surface area contributed by atoms with Crippen LogP contribution >= 0.6 is 0 Å². The van der Waals surface area contributed by atoms with Crippen LogP contribution in [0.5, 0.6) is 17.2 Å². The molecule has 0 radical (unpaired) electrons. The van der Waals surface area contributed by atoms with E-state index < -0.39 is 5.63 Å². The van der Waals surface area contributed by atoms with E-state index in [1.807, 2.05) is 11.8 Å². The summed E-state index contributed by atoms with van der Waals surface area (Å²) in [6, 6.07) is 11.3. The van der Waals surface area contributed by atoms with E-state index in [0.29, 0.717) is 49.1 Å². The Balaban J connectivity index is 1.47. The molecule has 2 N–H and O–H groups in total. The van der Waals surface area contributed by atoms with E-state index in [2.05, 4.69) is 5.32 Å². The van der Waals surface area contributed by atoms with Crippen LogP contribution in [0.1, 0.15) is 12.5 Å². The Morgan fingerprint density at radius 1 is 1.10 bits per heavy atom. The molecule has 2 aromatic carbocycles. The molecule has 8 nitrogen and oxygen atoms in total. The standard InChI is InChI=1S/C22H22N2O6/c1-2-24(12-14-9-22(27)30-19-11-16(25)4-5-17(14)19)13-21(26)23-15-3-6-18-20(10-15)29-8-7-28-18/h3-6,9-11,25H,2,7-8,12-13H2,1H3,(H,23,26). The minimum Gasteiger partial charge on any atom is -0.508 e. The summed E-state index contributed by atoms with van der Waals surface area (Å²) in [6.45, 7) is 4.06. The topological polar surface area (TPSA) is 101 Å². The van der Waals surface area contributed by atoms with Crippen molar-refractivity contribution >= 4 is 22.6 Å². The van der Waals surface area contributed by atoms with Crippen molar-refractivity contribution in [3.8, 4) is 17.2 Å². The van der Waals surface area contributed by atoms with Crippen molar-refractivity contribution in [2.24, 2.45) is 0 Å². The fourth-order valence-electron chi connectivity index (χ4n) is 3.39. The molecule has 0 saturated heterocycles. The molecule has 156 valence electrons. The monoisotopic (exact) mass is 410 g/mol. The Morgan fingerprint density at radius 3 is 2.70 bits per heavy atom. The number of nitrogens with one attached hydrogen (secondary N) is 1. The third-order valence-corrected chi connectivity index (χ3v) is 4.85. The molecular formula is C22H22N2O6. The summed E-state index contributed by atoms with van der Waals surface area (Å²) < 4.78 is 16.2. The molecule has 2 heterocycles. The summed E-state index contributed by atoms with van der Waals surface area (Å²) >= 11 is 0. The zero-order valence-corrected chi connectivity index (χ0v) is 16.5. The van der Waals surface area contributed by atoms with E-state index >= 15 is 0 Å². The number of anilines is 1. The molecule has 0 aliphatic carbocycles. The first-order valence-corrected chi connectivity index (χ1v) is 9.69. The first kappa shape index (κ1) is 19.8. The van der Waals surface area contributed by atoms with Crippen molar-refractivity contribution in [2.75, 3.05) is 31.6 Å². The van der Waals surface area contributed by atoms with Gasteiger partial charge in [-0.3, -0.25) is 9.69 Å². The smallest absolute Gasteiger partial charge is 0.336 e. The van der Waals surface area contributed by atoms with Gasteiger partial charge in [0.15, 0.2) is 11.5 Å². The summed E-state index contributed by atoms with van der Waals surface area (Å²) in [5, 5.41) is 13.2. The maximum absolute atomic E-state index is 12.6. The van der Waals surface area contributed by atoms with Crippen LogP contribution in [-0.2, 0) is 11.3 Å². The molecule has 0 saturated carbocycles. The number of hydrogen-bond acceptors (Lipinski definition) is 7. The molecule has 0 atom stereocenters. The summed E-state index contributed by atoms with van der Waals surface area (Å²) in [4.78, 5) is 26.4. The van der Waals surface area contributed by atoms with Crippen LogP contribution in [-0.4, -0.2) is 42.2 Å². The van der Waals surface area contributed by atoms with Crippen molar-refractivity contribution in [1.29, 1.82) is 0 Å².